The Morgan fingerprint density at radius 2 is 1.82 bits per heavy atom. The number of carbonyl (C=O) groups excluding carboxylic acids is 1. The topological polar surface area (TPSA) is 131 Å². The lowest BCUT2D eigenvalue weighted by atomic mass is 10.1. The fourth-order valence-corrected chi connectivity index (χ4v) is 4.46. The molecule has 1 aromatic carbocycles. The molecule has 222 valence electrons. The SMILES string of the molecule is CCCC(C)Nc1nc(Nc2ccc(OCCCCCCC(=O)NOC3CCCCO3)cc2)nc(NC)c1NC. The first-order valence-corrected chi connectivity index (χ1v) is 14.6. The third-order valence-corrected chi connectivity index (χ3v) is 6.62. The third kappa shape index (κ3) is 10.7. The Hall–Kier alpha value is -3.31. The van der Waals surface area contributed by atoms with E-state index < -0.39 is 0 Å². The van der Waals surface area contributed by atoms with Crippen LogP contribution >= 0.6 is 0 Å². The zero-order valence-corrected chi connectivity index (χ0v) is 24.5. The summed E-state index contributed by atoms with van der Waals surface area (Å²) in [5, 5.41) is 13.1. The highest BCUT2D eigenvalue weighted by Crippen LogP contribution is 2.30. The number of rotatable bonds is 18. The summed E-state index contributed by atoms with van der Waals surface area (Å²) in [6.07, 6.45) is 8.96. The molecule has 0 saturated carbocycles. The molecule has 40 heavy (non-hydrogen) atoms. The van der Waals surface area contributed by atoms with E-state index in [0.717, 1.165) is 80.7 Å². The monoisotopic (exact) mass is 557 g/mol. The first-order chi connectivity index (χ1) is 19.5. The highest BCUT2D eigenvalue weighted by atomic mass is 16.8. The van der Waals surface area contributed by atoms with Crippen molar-refractivity contribution in [1.29, 1.82) is 0 Å². The van der Waals surface area contributed by atoms with Gasteiger partial charge in [-0.2, -0.15) is 9.97 Å². The number of nitrogens with one attached hydrogen (secondary N) is 5. The fourth-order valence-electron chi connectivity index (χ4n) is 4.46. The van der Waals surface area contributed by atoms with Gasteiger partial charge in [-0.05, 0) is 63.3 Å². The van der Waals surface area contributed by atoms with Crippen molar-refractivity contribution in [1.82, 2.24) is 15.4 Å². The van der Waals surface area contributed by atoms with Crippen molar-refractivity contribution in [2.45, 2.75) is 90.4 Å². The van der Waals surface area contributed by atoms with Gasteiger partial charge in [-0.25, -0.2) is 10.3 Å². The van der Waals surface area contributed by atoms with Crippen molar-refractivity contribution in [3.8, 4) is 5.75 Å². The Morgan fingerprint density at radius 3 is 2.52 bits per heavy atom. The molecule has 1 saturated heterocycles. The number of carbonyl (C=O) groups is 1. The zero-order chi connectivity index (χ0) is 28.6. The van der Waals surface area contributed by atoms with Crippen LogP contribution in [-0.2, 0) is 14.4 Å². The first kappa shape index (κ1) is 31.2. The summed E-state index contributed by atoms with van der Waals surface area (Å²) in [6, 6.07) is 8.07. The summed E-state index contributed by atoms with van der Waals surface area (Å²) < 4.78 is 11.3. The van der Waals surface area contributed by atoms with Gasteiger partial charge in [0, 0.05) is 45.3 Å². The standard InChI is InChI=1S/C29H47N7O4/c1-5-12-21(2)32-28-26(30-3)27(31-4)34-29(35-28)33-22-15-17-23(18-16-22)38-19-10-7-6-8-13-24(37)36-40-25-14-9-11-20-39-25/h15-18,21,25,30H,5-14,19-20H2,1-4H3,(H,36,37)(H3,31,32,33,34,35). The van der Waals surface area contributed by atoms with E-state index >= 15 is 0 Å². The fraction of sp³-hybridized carbons (Fsp3) is 0.621. The van der Waals surface area contributed by atoms with Gasteiger partial charge < -0.3 is 30.7 Å². The molecule has 1 aliphatic heterocycles. The van der Waals surface area contributed by atoms with Gasteiger partial charge >= 0.3 is 0 Å². The highest BCUT2D eigenvalue weighted by molar-refractivity contribution is 5.79. The van der Waals surface area contributed by atoms with Gasteiger partial charge in [-0.15, -0.1) is 0 Å². The van der Waals surface area contributed by atoms with Crippen LogP contribution < -0.4 is 31.5 Å². The number of ether oxygens (including phenoxy) is 2. The second-order valence-electron chi connectivity index (χ2n) is 10.1. The molecule has 2 atom stereocenters. The molecule has 1 fully saturated rings. The van der Waals surface area contributed by atoms with E-state index in [1.54, 1.807) is 0 Å². The number of amides is 1. The van der Waals surface area contributed by atoms with Gasteiger partial charge in [0.1, 0.15) is 11.4 Å². The van der Waals surface area contributed by atoms with Crippen molar-refractivity contribution >= 4 is 34.9 Å². The first-order valence-electron chi connectivity index (χ1n) is 14.6. The second kappa shape index (κ2) is 17.4. The van der Waals surface area contributed by atoms with Crippen LogP contribution in [0.1, 0.15) is 78.1 Å². The minimum atomic E-state index is -0.307. The quantitative estimate of drug-likeness (QED) is 0.113. The largest absolute Gasteiger partial charge is 0.494 e. The van der Waals surface area contributed by atoms with Crippen LogP contribution in [0.25, 0.3) is 0 Å². The van der Waals surface area contributed by atoms with E-state index in [2.05, 4.69) is 45.6 Å². The summed E-state index contributed by atoms with van der Waals surface area (Å²) >= 11 is 0. The molecule has 0 aliphatic carbocycles. The lowest BCUT2D eigenvalue weighted by Crippen LogP contribution is -2.32. The molecule has 0 radical (unpaired) electrons. The number of hydroxylamine groups is 1. The molecular formula is C29H47N7O4. The van der Waals surface area contributed by atoms with Crippen molar-refractivity contribution in [2.24, 2.45) is 0 Å². The molecule has 5 N–H and O–H groups in total. The van der Waals surface area contributed by atoms with Gasteiger partial charge in [0.15, 0.2) is 17.9 Å². The molecule has 2 heterocycles. The van der Waals surface area contributed by atoms with Crippen LogP contribution in [0.2, 0.25) is 0 Å². The maximum atomic E-state index is 11.9. The Morgan fingerprint density at radius 1 is 1.05 bits per heavy atom. The summed E-state index contributed by atoms with van der Waals surface area (Å²) in [5.41, 5.74) is 4.22. The number of hydrogen-bond acceptors (Lipinski definition) is 10. The van der Waals surface area contributed by atoms with Crippen molar-refractivity contribution in [3.63, 3.8) is 0 Å². The molecule has 1 amide bonds. The Kier molecular flexibility index (Phi) is 13.6. The highest BCUT2D eigenvalue weighted by Gasteiger charge is 2.16. The van der Waals surface area contributed by atoms with E-state index in [1.807, 2.05) is 38.4 Å². The summed E-state index contributed by atoms with van der Waals surface area (Å²) in [7, 11) is 3.71. The molecule has 11 nitrogen and oxygen atoms in total. The second-order valence-corrected chi connectivity index (χ2v) is 10.1. The van der Waals surface area contributed by atoms with Gasteiger partial charge in [-0.3, -0.25) is 4.79 Å². The van der Waals surface area contributed by atoms with Crippen molar-refractivity contribution < 1.29 is 19.1 Å². The van der Waals surface area contributed by atoms with Crippen molar-refractivity contribution in [3.05, 3.63) is 24.3 Å². The van der Waals surface area contributed by atoms with E-state index in [9.17, 15) is 4.79 Å². The Balaban J connectivity index is 1.36. The van der Waals surface area contributed by atoms with E-state index in [0.29, 0.717) is 37.4 Å². The van der Waals surface area contributed by atoms with Gasteiger partial charge in [-0.1, -0.05) is 26.2 Å². The van der Waals surface area contributed by atoms with E-state index in [4.69, 9.17) is 19.3 Å². The predicted molar refractivity (Wildman–Crippen MR) is 160 cm³/mol. The summed E-state index contributed by atoms with van der Waals surface area (Å²) in [4.78, 5) is 26.6. The number of nitrogens with zero attached hydrogens (tertiary/aromatic N) is 2. The maximum absolute atomic E-state index is 11.9. The maximum Gasteiger partial charge on any atom is 0.243 e. The van der Waals surface area contributed by atoms with Crippen LogP contribution in [0, 0.1) is 0 Å². The minimum Gasteiger partial charge on any atom is -0.494 e. The number of benzene rings is 1. The summed E-state index contributed by atoms with van der Waals surface area (Å²) in [6.45, 7) is 5.65. The van der Waals surface area contributed by atoms with E-state index in [-0.39, 0.29) is 12.2 Å². The average molecular weight is 558 g/mol. The summed E-state index contributed by atoms with van der Waals surface area (Å²) in [5.74, 6) is 2.70. The van der Waals surface area contributed by atoms with Gasteiger partial charge in [0.2, 0.25) is 11.9 Å². The third-order valence-electron chi connectivity index (χ3n) is 6.62. The van der Waals surface area contributed by atoms with Gasteiger partial charge in [0.25, 0.3) is 0 Å². The molecule has 1 aliphatic rings. The number of anilines is 5. The number of unbranched alkanes of at least 4 members (excludes halogenated alkanes) is 3. The smallest absolute Gasteiger partial charge is 0.243 e. The molecule has 11 heteroatoms. The number of aromatic nitrogens is 2. The molecular weight excluding hydrogens is 510 g/mol. The molecule has 0 spiro atoms. The van der Waals surface area contributed by atoms with Crippen LogP contribution in [-0.4, -0.2) is 55.5 Å². The molecule has 0 bridgehead atoms. The predicted octanol–water partition coefficient (Wildman–Crippen LogP) is 5.81. The Bertz CT molecular complexity index is 1020. The lowest BCUT2D eigenvalue weighted by molar-refractivity contribution is -0.200. The van der Waals surface area contributed by atoms with Gasteiger partial charge in [0.05, 0.1) is 6.61 Å². The van der Waals surface area contributed by atoms with Crippen LogP contribution in [0.15, 0.2) is 24.3 Å². The van der Waals surface area contributed by atoms with Crippen LogP contribution in [0.4, 0.5) is 29.0 Å². The average Bonchev–Trinajstić information content (AvgIpc) is 2.96. The number of hydrogen-bond donors (Lipinski definition) is 5. The lowest BCUT2D eigenvalue weighted by Gasteiger charge is -2.22. The normalized spacial score (nSPS) is 15.7. The Labute approximate surface area is 238 Å². The molecule has 2 unspecified atom stereocenters. The van der Waals surface area contributed by atoms with Crippen LogP contribution in [0.5, 0.6) is 5.75 Å². The minimum absolute atomic E-state index is 0.0942. The molecule has 2 aromatic rings. The molecule has 1 aromatic heterocycles. The van der Waals surface area contributed by atoms with Crippen molar-refractivity contribution in [2.75, 3.05) is 48.6 Å². The zero-order valence-electron chi connectivity index (χ0n) is 24.5. The molecule has 3 rings (SSSR count). The van der Waals surface area contributed by atoms with Crippen LogP contribution in [0.3, 0.4) is 0 Å². The van der Waals surface area contributed by atoms with E-state index in [1.165, 1.54) is 0 Å².